The predicted molar refractivity (Wildman–Crippen MR) is 55.4 cm³/mol. The molecule has 0 amide bonds. The van der Waals surface area contributed by atoms with E-state index in [9.17, 15) is 13.5 Å². The topological polar surface area (TPSA) is 75.6 Å². The summed E-state index contributed by atoms with van der Waals surface area (Å²) in [6.07, 6.45) is 0.653. The lowest BCUT2D eigenvalue weighted by Gasteiger charge is -2.26. The summed E-state index contributed by atoms with van der Waals surface area (Å²) in [6.45, 7) is 1.74. The Kier molecular flexibility index (Phi) is 3.30. The quantitative estimate of drug-likeness (QED) is 0.636. The van der Waals surface area contributed by atoms with E-state index in [0.717, 1.165) is 25.9 Å². The molecule has 2 aliphatic heterocycles. The molecular weight excluding hydrogens is 218 g/mol. The zero-order valence-corrected chi connectivity index (χ0v) is 9.37. The highest BCUT2D eigenvalue weighted by molar-refractivity contribution is 7.91. The van der Waals surface area contributed by atoms with Crippen LogP contribution < -0.4 is 5.32 Å². The molecule has 3 unspecified atom stereocenters. The number of aliphatic hydroxyl groups excluding tert-OH is 1. The lowest BCUT2D eigenvalue weighted by Crippen LogP contribution is -2.40. The molecule has 0 aromatic rings. The molecular formula is C9H17NO4S. The standard InChI is InChI=1S/C9H17NO4S/c11-8-5-15(12,13)6-9(8)14-7-2-1-3-10-4-7/h7-11H,1-6H2. The monoisotopic (exact) mass is 235 g/mol. The summed E-state index contributed by atoms with van der Waals surface area (Å²) in [5.74, 6) is -0.192. The lowest BCUT2D eigenvalue weighted by molar-refractivity contribution is -0.0592. The fourth-order valence-electron chi connectivity index (χ4n) is 2.11. The Morgan fingerprint density at radius 3 is 2.67 bits per heavy atom. The van der Waals surface area contributed by atoms with E-state index < -0.39 is 22.0 Å². The zero-order chi connectivity index (χ0) is 10.9. The van der Waals surface area contributed by atoms with Crippen LogP contribution in [0.1, 0.15) is 12.8 Å². The number of nitrogens with one attached hydrogen (secondary N) is 1. The fraction of sp³-hybridized carbons (Fsp3) is 1.00. The van der Waals surface area contributed by atoms with Crippen molar-refractivity contribution in [2.45, 2.75) is 31.2 Å². The first-order valence-corrected chi connectivity index (χ1v) is 7.14. The Morgan fingerprint density at radius 2 is 2.13 bits per heavy atom. The Labute approximate surface area is 89.7 Å². The molecule has 0 aromatic heterocycles. The molecule has 0 aliphatic carbocycles. The van der Waals surface area contributed by atoms with Crippen molar-refractivity contribution in [3.05, 3.63) is 0 Å². The predicted octanol–water partition coefficient (Wildman–Crippen LogP) is -1.09. The molecule has 0 saturated carbocycles. The molecule has 0 spiro atoms. The van der Waals surface area contributed by atoms with Crippen LogP contribution in [0.25, 0.3) is 0 Å². The van der Waals surface area contributed by atoms with Crippen LogP contribution in [-0.4, -0.2) is 56.4 Å². The van der Waals surface area contributed by atoms with Crippen molar-refractivity contribution in [2.75, 3.05) is 24.6 Å². The highest BCUT2D eigenvalue weighted by Gasteiger charge is 2.38. The van der Waals surface area contributed by atoms with Crippen molar-refractivity contribution in [1.82, 2.24) is 5.32 Å². The van der Waals surface area contributed by atoms with Crippen LogP contribution in [0.4, 0.5) is 0 Å². The van der Waals surface area contributed by atoms with Gasteiger partial charge in [0.1, 0.15) is 0 Å². The van der Waals surface area contributed by atoms with Gasteiger partial charge in [-0.25, -0.2) is 8.42 Å². The number of ether oxygens (including phenoxy) is 1. The summed E-state index contributed by atoms with van der Waals surface area (Å²) in [5, 5.41) is 12.7. The average molecular weight is 235 g/mol. The molecule has 2 fully saturated rings. The maximum absolute atomic E-state index is 11.2. The SMILES string of the molecule is O=S1(=O)CC(O)C(OC2CCCNC2)C1. The van der Waals surface area contributed by atoms with Crippen LogP contribution in [0, 0.1) is 0 Å². The van der Waals surface area contributed by atoms with Crippen molar-refractivity contribution < 1.29 is 18.3 Å². The molecule has 2 rings (SSSR count). The van der Waals surface area contributed by atoms with Crippen molar-refractivity contribution in [1.29, 1.82) is 0 Å². The molecule has 0 aromatic carbocycles. The van der Waals surface area contributed by atoms with Gasteiger partial charge >= 0.3 is 0 Å². The lowest BCUT2D eigenvalue weighted by atomic mass is 10.1. The summed E-state index contributed by atoms with van der Waals surface area (Å²) in [5.41, 5.74) is 0. The van der Waals surface area contributed by atoms with Gasteiger partial charge in [-0.2, -0.15) is 0 Å². The normalized spacial score (nSPS) is 40.5. The van der Waals surface area contributed by atoms with Crippen LogP contribution in [0.15, 0.2) is 0 Å². The number of sulfone groups is 1. The maximum Gasteiger partial charge on any atom is 0.155 e. The van der Waals surface area contributed by atoms with Gasteiger partial charge in [-0.1, -0.05) is 0 Å². The molecule has 15 heavy (non-hydrogen) atoms. The van der Waals surface area contributed by atoms with Gasteiger partial charge < -0.3 is 15.2 Å². The molecule has 5 nitrogen and oxygen atoms in total. The van der Waals surface area contributed by atoms with Crippen LogP contribution in [0.3, 0.4) is 0 Å². The second-order valence-corrected chi connectivity index (χ2v) is 6.44. The zero-order valence-electron chi connectivity index (χ0n) is 8.55. The van der Waals surface area contributed by atoms with Gasteiger partial charge in [0.2, 0.25) is 0 Å². The molecule has 2 aliphatic rings. The van der Waals surface area contributed by atoms with Gasteiger partial charge in [0.25, 0.3) is 0 Å². The largest absolute Gasteiger partial charge is 0.389 e. The van der Waals surface area contributed by atoms with E-state index in [2.05, 4.69) is 5.32 Å². The number of hydrogen-bond acceptors (Lipinski definition) is 5. The third kappa shape index (κ3) is 2.90. The molecule has 88 valence electrons. The number of aliphatic hydroxyl groups is 1. The van der Waals surface area contributed by atoms with Gasteiger partial charge in [-0.15, -0.1) is 0 Å². The third-order valence-electron chi connectivity index (χ3n) is 2.89. The summed E-state index contributed by atoms with van der Waals surface area (Å²) in [6, 6.07) is 0. The van der Waals surface area contributed by atoms with Crippen LogP contribution >= 0.6 is 0 Å². The minimum atomic E-state index is -3.09. The first-order chi connectivity index (χ1) is 7.07. The first-order valence-electron chi connectivity index (χ1n) is 5.31. The van der Waals surface area contributed by atoms with Crippen LogP contribution in [-0.2, 0) is 14.6 Å². The average Bonchev–Trinajstić information content (AvgIpc) is 2.41. The number of hydrogen-bond donors (Lipinski definition) is 2. The molecule has 2 N–H and O–H groups in total. The van der Waals surface area contributed by atoms with E-state index in [-0.39, 0.29) is 17.6 Å². The van der Waals surface area contributed by atoms with Crippen molar-refractivity contribution in [3.8, 4) is 0 Å². The number of rotatable bonds is 2. The second kappa shape index (κ2) is 4.37. The Balaban J connectivity index is 1.89. The minimum Gasteiger partial charge on any atom is -0.389 e. The summed E-state index contributed by atoms with van der Waals surface area (Å²) < 4.78 is 28.1. The van der Waals surface area contributed by atoms with Crippen molar-refractivity contribution in [2.24, 2.45) is 0 Å². The number of piperidine rings is 1. The van der Waals surface area contributed by atoms with Crippen LogP contribution in [0.2, 0.25) is 0 Å². The van der Waals surface area contributed by atoms with Gasteiger partial charge in [0, 0.05) is 6.54 Å². The summed E-state index contributed by atoms with van der Waals surface area (Å²) in [4.78, 5) is 0. The van der Waals surface area contributed by atoms with Gasteiger partial charge in [-0.05, 0) is 19.4 Å². The van der Waals surface area contributed by atoms with Gasteiger partial charge in [0.15, 0.2) is 9.84 Å². The van der Waals surface area contributed by atoms with E-state index in [4.69, 9.17) is 4.74 Å². The molecule has 3 atom stereocenters. The van der Waals surface area contributed by atoms with E-state index in [1.54, 1.807) is 0 Å². The summed E-state index contributed by atoms with van der Waals surface area (Å²) in [7, 11) is -3.09. The molecule has 0 bridgehead atoms. The minimum absolute atomic E-state index is 0.0370. The van der Waals surface area contributed by atoms with Crippen molar-refractivity contribution >= 4 is 9.84 Å². The highest BCUT2D eigenvalue weighted by Crippen LogP contribution is 2.19. The van der Waals surface area contributed by atoms with E-state index in [1.165, 1.54) is 0 Å². The molecule has 6 heteroatoms. The molecule has 2 saturated heterocycles. The molecule has 2 heterocycles. The second-order valence-electron chi connectivity index (χ2n) is 4.29. The Hall–Kier alpha value is -0.170. The third-order valence-corrected chi connectivity index (χ3v) is 4.58. The van der Waals surface area contributed by atoms with E-state index in [0.29, 0.717) is 0 Å². The van der Waals surface area contributed by atoms with Gasteiger partial charge in [-0.3, -0.25) is 0 Å². The van der Waals surface area contributed by atoms with Gasteiger partial charge in [0.05, 0.1) is 29.8 Å². The summed E-state index contributed by atoms with van der Waals surface area (Å²) >= 11 is 0. The Bertz CT molecular complexity index is 310. The maximum atomic E-state index is 11.2. The smallest absolute Gasteiger partial charge is 0.155 e. The van der Waals surface area contributed by atoms with Crippen molar-refractivity contribution in [3.63, 3.8) is 0 Å². The Morgan fingerprint density at radius 1 is 1.33 bits per heavy atom. The fourth-order valence-corrected chi connectivity index (χ4v) is 3.78. The van der Waals surface area contributed by atoms with E-state index >= 15 is 0 Å². The highest BCUT2D eigenvalue weighted by atomic mass is 32.2. The van der Waals surface area contributed by atoms with E-state index in [1.807, 2.05) is 0 Å². The molecule has 0 radical (unpaired) electrons. The van der Waals surface area contributed by atoms with Crippen LogP contribution in [0.5, 0.6) is 0 Å². The first kappa shape index (κ1) is 11.3.